The largest absolute Gasteiger partial charge is 0.360 e. The second kappa shape index (κ2) is 7.30. The molecule has 0 spiro atoms. The lowest BCUT2D eigenvalue weighted by molar-refractivity contribution is 0.0945. The summed E-state index contributed by atoms with van der Waals surface area (Å²) in [7, 11) is 0. The lowest BCUT2D eigenvalue weighted by Crippen LogP contribution is -2.38. The van der Waals surface area contributed by atoms with Crippen LogP contribution in [-0.2, 0) is 0 Å². The highest BCUT2D eigenvalue weighted by Crippen LogP contribution is 2.29. The number of nitrogens with one attached hydrogen (secondary N) is 3. The number of aromatic nitrogens is 1. The predicted molar refractivity (Wildman–Crippen MR) is 102 cm³/mol. The fraction of sp³-hybridized carbons (Fsp3) is 0.286. The average molecular weight is 351 g/mol. The Bertz CT molecular complexity index is 911. The van der Waals surface area contributed by atoms with Crippen molar-refractivity contribution in [3.05, 3.63) is 60.0 Å². The molecule has 3 N–H and O–H groups in total. The number of aromatic amines is 1. The number of carbonyl (C=O) groups is 1. The lowest BCUT2D eigenvalue weighted by Gasteiger charge is -2.22. The van der Waals surface area contributed by atoms with Crippen LogP contribution in [0.25, 0.3) is 22.0 Å². The minimum atomic E-state index is -0.258. The van der Waals surface area contributed by atoms with E-state index in [0.29, 0.717) is 18.0 Å². The third-order valence-electron chi connectivity index (χ3n) is 5.05. The first-order chi connectivity index (χ1) is 12.7. The van der Waals surface area contributed by atoms with Gasteiger partial charge >= 0.3 is 0 Å². The summed E-state index contributed by atoms with van der Waals surface area (Å²) in [5, 5.41) is 7.36. The van der Waals surface area contributed by atoms with Gasteiger partial charge in [-0.05, 0) is 67.7 Å². The standard InChI is InChI=1S/C21H22FN3O/c22-17-7-8-18-19(13-24-20(18)10-17)15-3-5-16(6-4-15)21(26)25-12-14-2-1-9-23-11-14/h3-8,10,13-14,23-24H,1-2,9,11-12H2,(H,25,26)/t14-/m1/s1. The van der Waals surface area contributed by atoms with E-state index in [1.54, 1.807) is 6.07 Å². The molecule has 4 nitrogen and oxygen atoms in total. The van der Waals surface area contributed by atoms with E-state index in [1.807, 2.05) is 30.5 Å². The first kappa shape index (κ1) is 16.8. The number of rotatable bonds is 4. The van der Waals surface area contributed by atoms with Crippen LogP contribution in [0, 0.1) is 11.7 Å². The van der Waals surface area contributed by atoms with Gasteiger partial charge in [-0.25, -0.2) is 4.39 Å². The van der Waals surface area contributed by atoms with E-state index >= 15 is 0 Å². The van der Waals surface area contributed by atoms with Crippen molar-refractivity contribution in [1.82, 2.24) is 15.6 Å². The van der Waals surface area contributed by atoms with E-state index in [0.717, 1.165) is 41.5 Å². The van der Waals surface area contributed by atoms with Gasteiger partial charge in [0.2, 0.25) is 0 Å². The molecule has 1 aliphatic rings. The second-order valence-electron chi connectivity index (χ2n) is 6.89. The monoisotopic (exact) mass is 351 g/mol. The number of fused-ring (bicyclic) bond motifs is 1. The Morgan fingerprint density at radius 2 is 2.04 bits per heavy atom. The van der Waals surface area contributed by atoms with Crippen LogP contribution in [-0.4, -0.2) is 30.5 Å². The summed E-state index contributed by atoms with van der Waals surface area (Å²) in [6, 6.07) is 12.3. The maximum Gasteiger partial charge on any atom is 0.251 e. The zero-order chi connectivity index (χ0) is 17.9. The number of hydrogen-bond donors (Lipinski definition) is 3. The van der Waals surface area contributed by atoms with Gasteiger partial charge < -0.3 is 15.6 Å². The maximum absolute atomic E-state index is 13.3. The molecule has 2 aromatic carbocycles. The molecule has 0 unspecified atom stereocenters. The van der Waals surface area contributed by atoms with Crippen molar-refractivity contribution in [3.8, 4) is 11.1 Å². The summed E-state index contributed by atoms with van der Waals surface area (Å²) < 4.78 is 13.3. The third-order valence-corrected chi connectivity index (χ3v) is 5.05. The van der Waals surface area contributed by atoms with Gasteiger partial charge in [-0.15, -0.1) is 0 Å². The maximum atomic E-state index is 13.3. The molecule has 2 heterocycles. The van der Waals surface area contributed by atoms with Crippen molar-refractivity contribution in [2.45, 2.75) is 12.8 Å². The van der Waals surface area contributed by atoms with Gasteiger partial charge in [0.25, 0.3) is 5.91 Å². The van der Waals surface area contributed by atoms with Crippen molar-refractivity contribution in [1.29, 1.82) is 0 Å². The molecule has 5 heteroatoms. The normalized spacial score (nSPS) is 17.3. The van der Waals surface area contributed by atoms with Crippen LogP contribution < -0.4 is 10.6 Å². The number of amides is 1. The number of H-pyrrole nitrogens is 1. The van der Waals surface area contributed by atoms with Crippen LogP contribution >= 0.6 is 0 Å². The Hall–Kier alpha value is -2.66. The topological polar surface area (TPSA) is 56.9 Å². The van der Waals surface area contributed by atoms with Crippen LogP contribution in [0.15, 0.2) is 48.7 Å². The van der Waals surface area contributed by atoms with E-state index in [4.69, 9.17) is 0 Å². The molecule has 4 rings (SSSR count). The van der Waals surface area contributed by atoms with Crippen molar-refractivity contribution in [3.63, 3.8) is 0 Å². The molecule has 1 amide bonds. The van der Waals surface area contributed by atoms with Crippen molar-refractivity contribution in [2.24, 2.45) is 5.92 Å². The first-order valence-electron chi connectivity index (χ1n) is 9.07. The average Bonchev–Trinajstić information content (AvgIpc) is 3.10. The third kappa shape index (κ3) is 3.48. The summed E-state index contributed by atoms with van der Waals surface area (Å²) in [5.74, 6) is 0.216. The zero-order valence-electron chi connectivity index (χ0n) is 14.5. The van der Waals surface area contributed by atoms with E-state index in [1.165, 1.54) is 18.6 Å². The molecule has 1 aromatic heterocycles. The first-order valence-corrected chi connectivity index (χ1v) is 9.07. The van der Waals surface area contributed by atoms with Crippen LogP contribution in [0.1, 0.15) is 23.2 Å². The highest BCUT2D eigenvalue weighted by molar-refractivity contribution is 5.97. The number of piperidine rings is 1. The van der Waals surface area contributed by atoms with Gasteiger partial charge in [-0.2, -0.15) is 0 Å². The molecule has 26 heavy (non-hydrogen) atoms. The summed E-state index contributed by atoms with van der Waals surface area (Å²) in [6.07, 6.45) is 4.20. The summed E-state index contributed by atoms with van der Waals surface area (Å²) in [4.78, 5) is 15.5. The van der Waals surface area contributed by atoms with Gasteiger partial charge in [-0.3, -0.25) is 4.79 Å². The Kier molecular flexibility index (Phi) is 4.71. The summed E-state index contributed by atoms with van der Waals surface area (Å²) in [5.41, 5.74) is 3.42. The molecule has 1 atom stereocenters. The highest BCUT2D eigenvalue weighted by atomic mass is 19.1. The van der Waals surface area contributed by atoms with Gasteiger partial charge in [0.15, 0.2) is 0 Å². The van der Waals surface area contributed by atoms with E-state index in [-0.39, 0.29) is 11.7 Å². The van der Waals surface area contributed by atoms with Crippen LogP contribution in [0.2, 0.25) is 0 Å². The van der Waals surface area contributed by atoms with Crippen LogP contribution in [0.3, 0.4) is 0 Å². The molecule has 1 saturated heterocycles. The molecule has 1 aliphatic heterocycles. The van der Waals surface area contributed by atoms with Gasteiger partial charge in [0, 0.05) is 34.8 Å². The van der Waals surface area contributed by atoms with Gasteiger partial charge in [0.05, 0.1) is 0 Å². The molecule has 1 fully saturated rings. The SMILES string of the molecule is O=C(NC[C@@H]1CCCNC1)c1ccc(-c2c[nH]c3cc(F)ccc23)cc1. The Balaban J connectivity index is 1.46. The fourth-order valence-corrected chi connectivity index (χ4v) is 3.58. The highest BCUT2D eigenvalue weighted by Gasteiger charge is 2.15. The van der Waals surface area contributed by atoms with Crippen molar-refractivity contribution < 1.29 is 9.18 Å². The number of carbonyl (C=O) groups excluding carboxylic acids is 1. The minimum absolute atomic E-state index is 0.0388. The fourth-order valence-electron chi connectivity index (χ4n) is 3.58. The summed E-state index contributed by atoms with van der Waals surface area (Å²) >= 11 is 0. The Morgan fingerprint density at radius 3 is 2.81 bits per heavy atom. The molecule has 0 aliphatic carbocycles. The lowest BCUT2D eigenvalue weighted by atomic mass is 9.99. The molecule has 0 radical (unpaired) electrons. The van der Waals surface area contributed by atoms with E-state index < -0.39 is 0 Å². The van der Waals surface area contributed by atoms with Crippen molar-refractivity contribution in [2.75, 3.05) is 19.6 Å². The number of halogens is 1. The Morgan fingerprint density at radius 1 is 1.19 bits per heavy atom. The van der Waals surface area contributed by atoms with E-state index in [9.17, 15) is 9.18 Å². The minimum Gasteiger partial charge on any atom is -0.360 e. The second-order valence-corrected chi connectivity index (χ2v) is 6.89. The zero-order valence-corrected chi connectivity index (χ0v) is 14.5. The molecule has 134 valence electrons. The Labute approximate surface area is 151 Å². The van der Waals surface area contributed by atoms with Crippen LogP contribution in [0.4, 0.5) is 4.39 Å². The van der Waals surface area contributed by atoms with Crippen LogP contribution in [0.5, 0.6) is 0 Å². The van der Waals surface area contributed by atoms with Gasteiger partial charge in [-0.1, -0.05) is 12.1 Å². The molecule has 0 bridgehead atoms. The number of benzene rings is 2. The van der Waals surface area contributed by atoms with Crippen molar-refractivity contribution >= 4 is 16.8 Å². The smallest absolute Gasteiger partial charge is 0.251 e. The van der Waals surface area contributed by atoms with Gasteiger partial charge in [0.1, 0.15) is 5.82 Å². The number of hydrogen-bond acceptors (Lipinski definition) is 2. The summed E-state index contributed by atoms with van der Waals surface area (Å²) in [6.45, 7) is 2.76. The quantitative estimate of drug-likeness (QED) is 0.671. The predicted octanol–water partition coefficient (Wildman–Crippen LogP) is 3.70. The molecule has 0 saturated carbocycles. The van der Waals surface area contributed by atoms with E-state index in [2.05, 4.69) is 15.6 Å². The molecular formula is C21H22FN3O. The molecular weight excluding hydrogens is 329 g/mol. The molecule has 3 aromatic rings.